The van der Waals surface area contributed by atoms with Crippen molar-refractivity contribution in [2.24, 2.45) is 5.92 Å². The third-order valence-electron chi connectivity index (χ3n) is 3.18. The molecule has 94 valence electrons. The fourth-order valence-electron chi connectivity index (χ4n) is 1.99. The molecule has 0 saturated heterocycles. The Morgan fingerprint density at radius 2 is 2.12 bits per heavy atom. The van der Waals surface area contributed by atoms with Gasteiger partial charge in [-0.3, -0.25) is 0 Å². The summed E-state index contributed by atoms with van der Waals surface area (Å²) in [6.45, 7) is 2.08. The van der Waals surface area contributed by atoms with Gasteiger partial charge in [0.1, 0.15) is 0 Å². The highest BCUT2D eigenvalue weighted by Crippen LogP contribution is 2.34. The van der Waals surface area contributed by atoms with Crippen LogP contribution < -0.4 is 10.5 Å². The van der Waals surface area contributed by atoms with Crippen LogP contribution in [0.2, 0.25) is 0 Å². The monoisotopic (exact) mass is 254 g/mol. The zero-order chi connectivity index (χ0) is 12.5. The van der Waals surface area contributed by atoms with Crippen molar-refractivity contribution in [2.45, 2.75) is 31.6 Å². The Hall–Kier alpha value is -1.07. The SMILES string of the molecule is CCC1CC1NS(=O)(=O)Cc1ccccc1N. The molecule has 0 aromatic heterocycles. The lowest BCUT2D eigenvalue weighted by Crippen LogP contribution is -2.28. The summed E-state index contributed by atoms with van der Waals surface area (Å²) in [6, 6.07) is 7.20. The molecular formula is C12H18N2O2S. The van der Waals surface area contributed by atoms with Crippen LogP contribution >= 0.6 is 0 Å². The molecule has 2 atom stereocenters. The first-order valence-corrected chi connectivity index (χ1v) is 7.50. The second-order valence-electron chi connectivity index (χ2n) is 4.59. The van der Waals surface area contributed by atoms with Crippen LogP contribution in [-0.2, 0) is 15.8 Å². The van der Waals surface area contributed by atoms with Gasteiger partial charge in [-0.1, -0.05) is 31.5 Å². The molecule has 4 nitrogen and oxygen atoms in total. The van der Waals surface area contributed by atoms with Crippen LogP contribution in [-0.4, -0.2) is 14.5 Å². The van der Waals surface area contributed by atoms with Gasteiger partial charge >= 0.3 is 0 Å². The molecule has 5 heteroatoms. The summed E-state index contributed by atoms with van der Waals surface area (Å²) < 4.78 is 26.5. The van der Waals surface area contributed by atoms with Gasteiger partial charge in [0.2, 0.25) is 10.0 Å². The molecule has 0 heterocycles. The number of benzene rings is 1. The van der Waals surface area contributed by atoms with E-state index in [4.69, 9.17) is 5.73 Å². The van der Waals surface area contributed by atoms with Crippen LogP contribution in [0.5, 0.6) is 0 Å². The van der Waals surface area contributed by atoms with E-state index in [2.05, 4.69) is 11.6 Å². The van der Waals surface area contributed by atoms with E-state index >= 15 is 0 Å². The van der Waals surface area contributed by atoms with Crippen molar-refractivity contribution in [2.75, 3.05) is 5.73 Å². The molecule has 1 saturated carbocycles. The van der Waals surface area contributed by atoms with Crippen molar-refractivity contribution in [3.63, 3.8) is 0 Å². The molecule has 1 aromatic carbocycles. The topological polar surface area (TPSA) is 72.2 Å². The second kappa shape index (κ2) is 4.66. The van der Waals surface area contributed by atoms with E-state index in [0.29, 0.717) is 17.2 Å². The summed E-state index contributed by atoms with van der Waals surface area (Å²) in [4.78, 5) is 0. The first-order chi connectivity index (χ1) is 8.02. The van der Waals surface area contributed by atoms with Crippen LogP contribution in [0.4, 0.5) is 5.69 Å². The lowest BCUT2D eigenvalue weighted by molar-refractivity contribution is 0.575. The molecule has 0 bridgehead atoms. The van der Waals surface area contributed by atoms with Crippen molar-refractivity contribution < 1.29 is 8.42 Å². The molecule has 1 fully saturated rings. The van der Waals surface area contributed by atoms with Gasteiger partial charge in [0.25, 0.3) is 0 Å². The molecule has 1 aliphatic rings. The van der Waals surface area contributed by atoms with Gasteiger partial charge in [-0.05, 0) is 24.0 Å². The highest BCUT2D eigenvalue weighted by molar-refractivity contribution is 7.88. The molecule has 3 N–H and O–H groups in total. The summed E-state index contributed by atoms with van der Waals surface area (Å²) in [5.74, 6) is 0.477. The van der Waals surface area contributed by atoms with Crippen LogP contribution in [0, 0.1) is 5.92 Å². The van der Waals surface area contributed by atoms with E-state index in [-0.39, 0.29) is 11.8 Å². The molecule has 2 unspecified atom stereocenters. The maximum atomic E-state index is 11.9. The smallest absolute Gasteiger partial charge is 0.216 e. The van der Waals surface area contributed by atoms with Crippen LogP contribution in [0.1, 0.15) is 25.3 Å². The van der Waals surface area contributed by atoms with Crippen molar-refractivity contribution in [3.8, 4) is 0 Å². The van der Waals surface area contributed by atoms with Gasteiger partial charge in [-0.2, -0.15) is 0 Å². The maximum absolute atomic E-state index is 11.9. The van der Waals surface area contributed by atoms with Gasteiger partial charge in [0, 0.05) is 11.7 Å². The highest BCUT2D eigenvalue weighted by atomic mass is 32.2. The molecule has 0 radical (unpaired) electrons. The molecule has 1 aliphatic carbocycles. The minimum absolute atomic E-state index is 0.0351. The molecule has 2 rings (SSSR count). The fraction of sp³-hybridized carbons (Fsp3) is 0.500. The zero-order valence-corrected chi connectivity index (χ0v) is 10.7. The van der Waals surface area contributed by atoms with Crippen molar-refractivity contribution >= 4 is 15.7 Å². The standard InChI is InChI=1S/C12H18N2O2S/c1-2-9-7-12(9)14-17(15,16)8-10-5-3-4-6-11(10)13/h3-6,9,12,14H,2,7-8,13H2,1H3. The highest BCUT2D eigenvalue weighted by Gasteiger charge is 2.38. The average molecular weight is 254 g/mol. The van der Waals surface area contributed by atoms with Crippen molar-refractivity contribution in [1.82, 2.24) is 4.72 Å². The van der Waals surface area contributed by atoms with Gasteiger partial charge in [0.15, 0.2) is 0 Å². The number of sulfonamides is 1. The summed E-state index contributed by atoms with van der Waals surface area (Å²) >= 11 is 0. The van der Waals surface area contributed by atoms with E-state index in [1.807, 2.05) is 0 Å². The Morgan fingerprint density at radius 3 is 2.71 bits per heavy atom. The number of para-hydroxylation sites is 1. The summed E-state index contributed by atoms with van der Waals surface area (Å²) in [7, 11) is -3.27. The number of nitrogens with two attached hydrogens (primary N) is 1. The predicted octanol–water partition coefficient (Wildman–Crippen LogP) is 1.49. The Bertz CT molecular complexity index is 499. The average Bonchev–Trinajstić information content (AvgIpc) is 2.99. The minimum Gasteiger partial charge on any atom is -0.398 e. The van der Waals surface area contributed by atoms with E-state index in [0.717, 1.165) is 12.8 Å². The van der Waals surface area contributed by atoms with Gasteiger partial charge in [0.05, 0.1) is 5.75 Å². The molecule has 0 amide bonds. The summed E-state index contributed by atoms with van der Waals surface area (Å²) in [5.41, 5.74) is 6.92. The third kappa shape index (κ3) is 3.20. The quantitative estimate of drug-likeness (QED) is 0.782. The molecule has 0 spiro atoms. The first-order valence-electron chi connectivity index (χ1n) is 5.85. The minimum atomic E-state index is -3.27. The molecule has 0 aliphatic heterocycles. The van der Waals surface area contributed by atoms with Gasteiger partial charge < -0.3 is 5.73 Å². The normalized spacial score (nSPS) is 23.6. The van der Waals surface area contributed by atoms with E-state index in [1.165, 1.54) is 0 Å². The van der Waals surface area contributed by atoms with E-state index < -0.39 is 10.0 Å². The van der Waals surface area contributed by atoms with Crippen LogP contribution in [0.25, 0.3) is 0 Å². The van der Waals surface area contributed by atoms with Crippen molar-refractivity contribution in [3.05, 3.63) is 29.8 Å². The maximum Gasteiger partial charge on any atom is 0.216 e. The summed E-state index contributed by atoms with van der Waals surface area (Å²) in [6.07, 6.45) is 1.99. The Kier molecular flexibility index (Phi) is 3.40. The number of rotatable bonds is 5. The zero-order valence-electron chi connectivity index (χ0n) is 9.89. The Morgan fingerprint density at radius 1 is 1.41 bits per heavy atom. The number of nitrogens with one attached hydrogen (secondary N) is 1. The molecule has 17 heavy (non-hydrogen) atoms. The molecule has 1 aromatic rings. The predicted molar refractivity (Wildman–Crippen MR) is 68.8 cm³/mol. The first kappa shape index (κ1) is 12.4. The largest absolute Gasteiger partial charge is 0.398 e. The van der Waals surface area contributed by atoms with Gasteiger partial charge in [-0.15, -0.1) is 0 Å². The number of anilines is 1. The fourth-order valence-corrected chi connectivity index (χ4v) is 3.49. The van der Waals surface area contributed by atoms with Crippen LogP contribution in [0.15, 0.2) is 24.3 Å². The second-order valence-corrected chi connectivity index (χ2v) is 6.34. The number of nitrogen functional groups attached to an aromatic ring is 1. The van der Waals surface area contributed by atoms with E-state index in [9.17, 15) is 8.42 Å². The van der Waals surface area contributed by atoms with Gasteiger partial charge in [-0.25, -0.2) is 13.1 Å². The number of hydrogen-bond donors (Lipinski definition) is 2. The third-order valence-corrected chi connectivity index (χ3v) is 4.53. The summed E-state index contributed by atoms with van der Waals surface area (Å²) in [5, 5.41) is 0. The Balaban J connectivity index is 2.01. The lowest BCUT2D eigenvalue weighted by Gasteiger charge is -2.08. The molecular weight excluding hydrogens is 236 g/mol. The number of hydrogen-bond acceptors (Lipinski definition) is 3. The lowest BCUT2D eigenvalue weighted by atomic mass is 10.2. The Labute approximate surface area is 102 Å². The van der Waals surface area contributed by atoms with Crippen molar-refractivity contribution in [1.29, 1.82) is 0 Å². The van der Waals surface area contributed by atoms with E-state index in [1.54, 1.807) is 24.3 Å². The van der Waals surface area contributed by atoms with Crippen LogP contribution in [0.3, 0.4) is 0 Å².